The summed E-state index contributed by atoms with van der Waals surface area (Å²) in [6, 6.07) is 0. The molecule has 0 aliphatic rings. The molecule has 0 aliphatic heterocycles. The third kappa shape index (κ3) is 5.86. The van der Waals surface area contributed by atoms with E-state index in [9.17, 15) is 0 Å². The Hall–Kier alpha value is -0.560. The van der Waals surface area contributed by atoms with Crippen LogP contribution in [0.4, 0.5) is 0 Å². The lowest BCUT2D eigenvalue weighted by molar-refractivity contribution is -0.833. The van der Waals surface area contributed by atoms with E-state index in [-0.39, 0.29) is 0 Å². The maximum absolute atomic E-state index is 2.26. The van der Waals surface area contributed by atoms with Crippen molar-refractivity contribution in [2.45, 2.75) is 20.8 Å². The van der Waals surface area contributed by atoms with Crippen molar-refractivity contribution in [1.82, 2.24) is 0 Å². The van der Waals surface area contributed by atoms with Crippen LogP contribution >= 0.6 is 0 Å². The first-order chi connectivity index (χ1) is 4.98. The molecule has 0 unspecified atom stereocenters. The molecule has 0 fully saturated rings. The quantitative estimate of drug-likeness (QED) is 0.433. The summed E-state index contributed by atoms with van der Waals surface area (Å²) in [5, 5.41) is 0. The summed E-state index contributed by atoms with van der Waals surface area (Å²) in [6.45, 7) is 7.40. The molecule has 1 nitrogen and oxygen atoms in total. The minimum atomic E-state index is 0.937. The van der Waals surface area contributed by atoms with Crippen LogP contribution in [0.15, 0.2) is 23.9 Å². The van der Waals surface area contributed by atoms with E-state index in [1.54, 1.807) is 0 Å². The van der Waals surface area contributed by atoms with Crippen LogP contribution in [0.2, 0.25) is 0 Å². The number of likely N-dealkylation sites (N-methyl/N-ethyl adjacent to an activating group) is 1. The lowest BCUT2D eigenvalue weighted by atomic mass is 10.3. The molecule has 11 heavy (non-hydrogen) atoms. The Morgan fingerprint density at radius 1 is 1.27 bits per heavy atom. The highest BCUT2D eigenvalue weighted by Crippen LogP contribution is 2.02. The average molecular weight is 154 g/mol. The van der Waals surface area contributed by atoms with E-state index in [1.807, 2.05) is 0 Å². The molecule has 64 valence electrons. The van der Waals surface area contributed by atoms with Crippen molar-refractivity contribution in [3.05, 3.63) is 23.9 Å². The average Bonchev–Trinajstić information content (AvgIpc) is 1.81. The number of nitrogens with zero attached hydrogens (tertiary/aromatic N) is 1. The van der Waals surface area contributed by atoms with Gasteiger partial charge in [-0.2, -0.15) is 0 Å². The van der Waals surface area contributed by atoms with Gasteiger partial charge in [0.15, 0.2) is 0 Å². The van der Waals surface area contributed by atoms with E-state index in [0.29, 0.717) is 0 Å². The summed E-state index contributed by atoms with van der Waals surface area (Å²) in [6.07, 6.45) is 6.55. The van der Waals surface area contributed by atoms with Crippen molar-refractivity contribution in [2.75, 3.05) is 20.6 Å². The molecule has 0 aromatic heterocycles. The predicted octanol–water partition coefficient (Wildman–Crippen LogP) is 2.56. The molecule has 0 amide bonds. The second kappa shape index (κ2) is 4.35. The van der Waals surface area contributed by atoms with Gasteiger partial charge in [-0.1, -0.05) is 6.08 Å². The van der Waals surface area contributed by atoms with E-state index in [4.69, 9.17) is 0 Å². The molecular formula is C10H20N+. The standard InChI is InChI=1S/C10H20N/c1-6-7-8-11(4,5)9-10(2)3/h6-7,9H,8H2,1-5H3/q+1/b7-6+. The van der Waals surface area contributed by atoms with Crippen LogP contribution in [0.5, 0.6) is 0 Å². The Morgan fingerprint density at radius 3 is 2.18 bits per heavy atom. The van der Waals surface area contributed by atoms with Crippen LogP contribution in [0.3, 0.4) is 0 Å². The van der Waals surface area contributed by atoms with E-state index < -0.39 is 0 Å². The zero-order valence-electron chi connectivity index (χ0n) is 8.39. The molecule has 0 heterocycles. The molecule has 0 aromatic rings. The van der Waals surface area contributed by atoms with Crippen LogP contribution in [-0.2, 0) is 0 Å². The Labute approximate surface area is 70.6 Å². The first-order valence-electron chi connectivity index (χ1n) is 4.08. The monoisotopic (exact) mass is 154 g/mol. The van der Waals surface area contributed by atoms with Crippen molar-refractivity contribution in [2.24, 2.45) is 0 Å². The third-order valence-electron chi connectivity index (χ3n) is 1.42. The number of hydrogen-bond donors (Lipinski definition) is 0. The van der Waals surface area contributed by atoms with Gasteiger partial charge in [-0.25, -0.2) is 0 Å². The fourth-order valence-electron chi connectivity index (χ4n) is 1.13. The van der Waals surface area contributed by atoms with Gasteiger partial charge in [0.25, 0.3) is 0 Å². The molecule has 0 saturated heterocycles. The molecule has 0 spiro atoms. The van der Waals surface area contributed by atoms with E-state index in [2.05, 4.69) is 53.2 Å². The second-order valence-electron chi connectivity index (χ2n) is 3.74. The van der Waals surface area contributed by atoms with Crippen molar-refractivity contribution in [1.29, 1.82) is 0 Å². The van der Waals surface area contributed by atoms with Gasteiger partial charge in [0.05, 0.1) is 20.3 Å². The van der Waals surface area contributed by atoms with Gasteiger partial charge in [-0.15, -0.1) is 0 Å². The number of hydrogen-bond acceptors (Lipinski definition) is 0. The lowest BCUT2D eigenvalue weighted by Crippen LogP contribution is -2.33. The highest BCUT2D eigenvalue weighted by Gasteiger charge is 2.07. The van der Waals surface area contributed by atoms with Gasteiger partial charge in [0.1, 0.15) is 6.54 Å². The molecule has 0 aliphatic carbocycles. The smallest absolute Gasteiger partial charge is 0.101 e. The van der Waals surface area contributed by atoms with Crippen molar-refractivity contribution in [3.8, 4) is 0 Å². The van der Waals surface area contributed by atoms with Crippen molar-refractivity contribution < 1.29 is 4.48 Å². The van der Waals surface area contributed by atoms with Crippen LogP contribution in [0, 0.1) is 0 Å². The van der Waals surface area contributed by atoms with Crippen molar-refractivity contribution >= 4 is 0 Å². The molecular weight excluding hydrogens is 134 g/mol. The predicted molar refractivity (Wildman–Crippen MR) is 51.2 cm³/mol. The van der Waals surface area contributed by atoms with Crippen LogP contribution in [-0.4, -0.2) is 25.1 Å². The Balaban J connectivity index is 4.11. The van der Waals surface area contributed by atoms with E-state index >= 15 is 0 Å². The fraction of sp³-hybridized carbons (Fsp3) is 0.600. The van der Waals surface area contributed by atoms with Gasteiger partial charge in [0, 0.05) is 0 Å². The normalized spacial score (nSPS) is 12.1. The van der Waals surface area contributed by atoms with Crippen LogP contribution < -0.4 is 0 Å². The largest absolute Gasteiger partial charge is 0.299 e. The van der Waals surface area contributed by atoms with Crippen LogP contribution in [0.1, 0.15) is 20.8 Å². The fourth-order valence-corrected chi connectivity index (χ4v) is 1.13. The van der Waals surface area contributed by atoms with E-state index in [1.165, 1.54) is 5.57 Å². The number of allylic oxidation sites excluding steroid dienone is 2. The molecule has 0 bridgehead atoms. The summed E-state index contributed by atoms with van der Waals surface area (Å²) < 4.78 is 0.937. The highest BCUT2D eigenvalue weighted by atomic mass is 15.3. The van der Waals surface area contributed by atoms with Crippen LogP contribution in [0.25, 0.3) is 0 Å². The van der Waals surface area contributed by atoms with Gasteiger partial charge < -0.3 is 0 Å². The van der Waals surface area contributed by atoms with Gasteiger partial charge >= 0.3 is 0 Å². The summed E-state index contributed by atoms with van der Waals surface area (Å²) in [7, 11) is 4.40. The number of quaternary nitrogens is 1. The Kier molecular flexibility index (Phi) is 4.12. The molecule has 1 heteroatoms. The van der Waals surface area contributed by atoms with Gasteiger partial charge in [-0.05, 0) is 32.4 Å². The number of rotatable bonds is 3. The Bertz CT molecular complexity index is 160. The zero-order chi connectivity index (χ0) is 8.91. The summed E-state index contributed by atoms with van der Waals surface area (Å²) in [4.78, 5) is 0. The highest BCUT2D eigenvalue weighted by molar-refractivity contribution is 4.88. The molecule has 0 aromatic carbocycles. The molecule has 0 atom stereocenters. The molecule has 0 radical (unpaired) electrons. The minimum Gasteiger partial charge on any atom is -0.299 e. The first kappa shape index (κ1) is 10.4. The first-order valence-corrected chi connectivity index (χ1v) is 4.08. The van der Waals surface area contributed by atoms with Gasteiger partial charge in [-0.3, -0.25) is 4.48 Å². The SMILES string of the molecule is C/C=C/C[N+](C)(C)C=C(C)C. The van der Waals surface area contributed by atoms with E-state index in [0.717, 1.165) is 11.0 Å². The maximum atomic E-state index is 2.26. The topological polar surface area (TPSA) is 0 Å². The molecule has 0 N–H and O–H groups in total. The zero-order valence-corrected chi connectivity index (χ0v) is 8.39. The molecule has 0 saturated carbocycles. The Morgan fingerprint density at radius 2 is 1.82 bits per heavy atom. The second-order valence-corrected chi connectivity index (χ2v) is 3.74. The molecule has 0 rings (SSSR count). The maximum Gasteiger partial charge on any atom is 0.101 e. The minimum absolute atomic E-state index is 0.937. The van der Waals surface area contributed by atoms with Crippen molar-refractivity contribution in [3.63, 3.8) is 0 Å². The summed E-state index contributed by atoms with van der Waals surface area (Å²) in [5.41, 5.74) is 1.37. The lowest BCUT2D eigenvalue weighted by Gasteiger charge is -2.23. The summed E-state index contributed by atoms with van der Waals surface area (Å²) >= 11 is 0. The van der Waals surface area contributed by atoms with Gasteiger partial charge in [0.2, 0.25) is 0 Å². The third-order valence-corrected chi connectivity index (χ3v) is 1.42. The summed E-state index contributed by atoms with van der Waals surface area (Å²) in [5.74, 6) is 0.